The second-order valence-corrected chi connectivity index (χ2v) is 4.04. The third-order valence-electron chi connectivity index (χ3n) is 1.80. The van der Waals surface area contributed by atoms with Gasteiger partial charge in [-0.15, -0.1) is 0 Å². The number of rotatable bonds is 4. The van der Waals surface area contributed by atoms with Gasteiger partial charge in [-0.05, 0) is 25.1 Å². The Labute approximate surface area is 95.0 Å². The topological polar surface area (TPSA) is 46.5 Å². The molecule has 82 valence electrons. The molecule has 0 aliphatic rings. The van der Waals surface area contributed by atoms with E-state index in [1.54, 1.807) is 6.07 Å². The SMILES string of the molecule is CC(COc1ccc(Br)cc1F)C(=O)O. The number of aliphatic carboxylic acids is 1. The Bertz CT molecular complexity index is 368. The molecule has 0 aliphatic heterocycles. The normalized spacial score (nSPS) is 12.2. The van der Waals surface area contributed by atoms with E-state index in [0.29, 0.717) is 4.47 Å². The third kappa shape index (κ3) is 3.51. The van der Waals surface area contributed by atoms with Crippen LogP contribution in [0.3, 0.4) is 0 Å². The zero-order valence-electron chi connectivity index (χ0n) is 8.04. The van der Waals surface area contributed by atoms with Gasteiger partial charge < -0.3 is 9.84 Å². The number of ether oxygens (including phenoxy) is 1. The first-order valence-electron chi connectivity index (χ1n) is 4.31. The highest BCUT2D eigenvalue weighted by atomic mass is 79.9. The molecule has 1 unspecified atom stereocenters. The predicted octanol–water partition coefficient (Wildman–Crippen LogP) is 2.69. The minimum Gasteiger partial charge on any atom is -0.490 e. The van der Waals surface area contributed by atoms with E-state index in [2.05, 4.69) is 15.9 Å². The fourth-order valence-corrected chi connectivity index (χ4v) is 1.21. The summed E-state index contributed by atoms with van der Waals surface area (Å²) >= 11 is 3.11. The lowest BCUT2D eigenvalue weighted by Gasteiger charge is -2.09. The van der Waals surface area contributed by atoms with Crippen molar-refractivity contribution in [3.63, 3.8) is 0 Å². The van der Waals surface area contributed by atoms with E-state index < -0.39 is 17.7 Å². The standard InChI is InChI=1S/C10H10BrFO3/c1-6(10(13)14)5-15-9-3-2-7(11)4-8(9)12/h2-4,6H,5H2,1H3,(H,13,14). The maximum atomic E-state index is 13.2. The minimum atomic E-state index is -0.965. The average molecular weight is 277 g/mol. The number of hydrogen-bond acceptors (Lipinski definition) is 2. The van der Waals surface area contributed by atoms with E-state index in [0.717, 1.165) is 0 Å². The average Bonchev–Trinajstić information content (AvgIpc) is 2.15. The van der Waals surface area contributed by atoms with Crippen molar-refractivity contribution in [3.05, 3.63) is 28.5 Å². The monoisotopic (exact) mass is 276 g/mol. The van der Waals surface area contributed by atoms with Crippen molar-refractivity contribution in [2.75, 3.05) is 6.61 Å². The number of hydrogen-bond donors (Lipinski definition) is 1. The zero-order valence-corrected chi connectivity index (χ0v) is 9.62. The van der Waals surface area contributed by atoms with Crippen molar-refractivity contribution in [1.29, 1.82) is 0 Å². The first kappa shape index (κ1) is 12.0. The van der Waals surface area contributed by atoms with Crippen LogP contribution in [0, 0.1) is 11.7 Å². The van der Waals surface area contributed by atoms with Gasteiger partial charge in [0.15, 0.2) is 11.6 Å². The summed E-state index contributed by atoms with van der Waals surface area (Å²) in [4.78, 5) is 10.5. The van der Waals surface area contributed by atoms with Gasteiger partial charge in [-0.2, -0.15) is 0 Å². The molecule has 0 radical (unpaired) electrons. The summed E-state index contributed by atoms with van der Waals surface area (Å²) in [6.07, 6.45) is 0. The van der Waals surface area contributed by atoms with Gasteiger partial charge in [0.2, 0.25) is 0 Å². The van der Waals surface area contributed by atoms with E-state index >= 15 is 0 Å². The van der Waals surface area contributed by atoms with E-state index in [1.807, 2.05) is 0 Å². The maximum absolute atomic E-state index is 13.2. The second-order valence-electron chi connectivity index (χ2n) is 3.13. The Balaban J connectivity index is 2.62. The minimum absolute atomic E-state index is 0.0477. The van der Waals surface area contributed by atoms with Crippen LogP contribution < -0.4 is 4.74 Å². The first-order valence-corrected chi connectivity index (χ1v) is 5.10. The molecule has 1 N–H and O–H groups in total. The molecule has 0 fully saturated rings. The van der Waals surface area contributed by atoms with Gasteiger partial charge in [-0.25, -0.2) is 4.39 Å². The number of halogens is 2. The smallest absolute Gasteiger partial charge is 0.309 e. The molecule has 0 saturated carbocycles. The molecule has 0 bridgehead atoms. The molecule has 0 saturated heterocycles. The summed E-state index contributed by atoms with van der Waals surface area (Å²) in [7, 11) is 0. The van der Waals surface area contributed by atoms with E-state index in [1.165, 1.54) is 19.1 Å². The highest BCUT2D eigenvalue weighted by Crippen LogP contribution is 2.21. The van der Waals surface area contributed by atoms with Crippen LogP contribution in [0.4, 0.5) is 4.39 Å². The number of carboxylic acids is 1. The number of carboxylic acid groups (broad SMARTS) is 1. The van der Waals surface area contributed by atoms with E-state index in [-0.39, 0.29) is 12.4 Å². The van der Waals surface area contributed by atoms with Gasteiger partial charge in [0.05, 0.1) is 5.92 Å². The van der Waals surface area contributed by atoms with E-state index in [4.69, 9.17) is 9.84 Å². The van der Waals surface area contributed by atoms with Crippen LogP contribution in [0.25, 0.3) is 0 Å². The Morgan fingerprint density at radius 2 is 2.33 bits per heavy atom. The summed E-state index contributed by atoms with van der Waals surface area (Å²) in [5, 5.41) is 8.59. The van der Waals surface area contributed by atoms with Crippen molar-refractivity contribution < 1.29 is 19.0 Å². The second kappa shape index (κ2) is 5.11. The molecule has 0 spiro atoms. The quantitative estimate of drug-likeness (QED) is 0.920. The highest BCUT2D eigenvalue weighted by Gasteiger charge is 2.12. The van der Waals surface area contributed by atoms with Crippen molar-refractivity contribution in [2.24, 2.45) is 5.92 Å². The van der Waals surface area contributed by atoms with Gasteiger partial charge in [0.25, 0.3) is 0 Å². The molecule has 0 amide bonds. The Morgan fingerprint density at radius 1 is 1.67 bits per heavy atom. The number of carbonyl (C=O) groups is 1. The zero-order chi connectivity index (χ0) is 11.4. The van der Waals surface area contributed by atoms with Gasteiger partial charge in [0.1, 0.15) is 6.61 Å². The van der Waals surface area contributed by atoms with Gasteiger partial charge >= 0.3 is 5.97 Å². The lowest BCUT2D eigenvalue weighted by Crippen LogP contribution is -2.18. The van der Waals surface area contributed by atoms with Gasteiger partial charge in [0, 0.05) is 4.47 Å². The van der Waals surface area contributed by atoms with Gasteiger partial charge in [-0.3, -0.25) is 4.79 Å². The molecule has 1 aromatic carbocycles. The summed E-state index contributed by atoms with van der Waals surface area (Å²) in [5.41, 5.74) is 0. The summed E-state index contributed by atoms with van der Waals surface area (Å²) in [6.45, 7) is 1.45. The molecule has 1 atom stereocenters. The molecule has 0 aromatic heterocycles. The van der Waals surface area contributed by atoms with Crippen LogP contribution in [-0.2, 0) is 4.79 Å². The lowest BCUT2D eigenvalue weighted by atomic mass is 10.2. The molecule has 0 aliphatic carbocycles. The molecule has 5 heteroatoms. The molecule has 15 heavy (non-hydrogen) atoms. The predicted molar refractivity (Wildman–Crippen MR) is 56.4 cm³/mol. The summed E-state index contributed by atoms with van der Waals surface area (Å²) in [6, 6.07) is 4.35. The molecule has 0 heterocycles. The Hall–Kier alpha value is -1.10. The number of benzene rings is 1. The Morgan fingerprint density at radius 3 is 2.87 bits per heavy atom. The van der Waals surface area contributed by atoms with Gasteiger partial charge in [-0.1, -0.05) is 15.9 Å². The molecular weight excluding hydrogens is 267 g/mol. The maximum Gasteiger partial charge on any atom is 0.309 e. The lowest BCUT2D eigenvalue weighted by molar-refractivity contribution is -0.142. The highest BCUT2D eigenvalue weighted by molar-refractivity contribution is 9.10. The molecule has 1 rings (SSSR count). The van der Waals surface area contributed by atoms with Crippen molar-refractivity contribution in [1.82, 2.24) is 0 Å². The molecule has 3 nitrogen and oxygen atoms in total. The third-order valence-corrected chi connectivity index (χ3v) is 2.30. The van der Waals surface area contributed by atoms with Crippen molar-refractivity contribution >= 4 is 21.9 Å². The first-order chi connectivity index (χ1) is 7.00. The van der Waals surface area contributed by atoms with Crippen molar-refractivity contribution in [3.8, 4) is 5.75 Å². The van der Waals surface area contributed by atoms with Crippen LogP contribution in [-0.4, -0.2) is 17.7 Å². The van der Waals surface area contributed by atoms with Crippen LogP contribution in [0.5, 0.6) is 5.75 Å². The van der Waals surface area contributed by atoms with E-state index in [9.17, 15) is 9.18 Å². The fraction of sp³-hybridized carbons (Fsp3) is 0.300. The van der Waals surface area contributed by atoms with Crippen LogP contribution in [0.1, 0.15) is 6.92 Å². The van der Waals surface area contributed by atoms with Crippen molar-refractivity contribution in [2.45, 2.75) is 6.92 Å². The summed E-state index contributed by atoms with van der Waals surface area (Å²) in [5.74, 6) is -2.08. The summed E-state index contributed by atoms with van der Waals surface area (Å²) < 4.78 is 18.8. The van der Waals surface area contributed by atoms with Crippen LogP contribution in [0.2, 0.25) is 0 Å². The fourth-order valence-electron chi connectivity index (χ4n) is 0.878. The van der Waals surface area contributed by atoms with Crippen LogP contribution >= 0.6 is 15.9 Å². The largest absolute Gasteiger partial charge is 0.490 e. The molecular formula is C10H10BrFO3. The Kier molecular flexibility index (Phi) is 4.08. The molecule has 1 aromatic rings. The van der Waals surface area contributed by atoms with Crippen LogP contribution in [0.15, 0.2) is 22.7 Å².